The molecule has 2 amide bonds. The molecule has 6 nitrogen and oxygen atoms in total. The van der Waals surface area contributed by atoms with Gasteiger partial charge < -0.3 is 15.7 Å². The minimum absolute atomic E-state index is 0.0656. The number of carboxylic acids is 1. The van der Waals surface area contributed by atoms with Crippen LogP contribution in [0, 0.1) is 11.8 Å². The van der Waals surface area contributed by atoms with Crippen LogP contribution < -0.4 is 5.73 Å². The molecule has 0 saturated carbocycles. The summed E-state index contributed by atoms with van der Waals surface area (Å²) in [5.74, 6) is 3.86. The van der Waals surface area contributed by atoms with Crippen molar-refractivity contribution in [3.05, 3.63) is 107 Å². The van der Waals surface area contributed by atoms with E-state index in [0.29, 0.717) is 5.56 Å². The monoisotopic (exact) mass is 440 g/mol. The highest BCUT2D eigenvalue weighted by Crippen LogP contribution is 2.18. The molecule has 3 rings (SSSR count). The van der Waals surface area contributed by atoms with Gasteiger partial charge in [0.2, 0.25) is 5.91 Å². The third kappa shape index (κ3) is 6.81. The molecule has 1 atom stereocenters. The number of hydrogen-bond donors (Lipinski definition) is 2. The van der Waals surface area contributed by atoms with Crippen molar-refractivity contribution in [2.45, 2.75) is 25.4 Å². The maximum absolute atomic E-state index is 13.3. The second-order valence-electron chi connectivity index (χ2n) is 7.47. The summed E-state index contributed by atoms with van der Waals surface area (Å²) < 4.78 is 0. The van der Waals surface area contributed by atoms with Gasteiger partial charge in [0.15, 0.2) is 0 Å². The number of benzene rings is 3. The number of nitrogens with zero attached hydrogens (tertiary/aromatic N) is 1. The van der Waals surface area contributed by atoms with Gasteiger partial charge in [-0.15, -0.1) is 0 Å². The van der Waals surface area contributed by atoms with Crippen molar-refractivity contribution in [3.8, 4) is 11.8 Å². The van der Waals surface area contributed by atoms with Crippen molar-refractivity contribution in [1.29, 1.82) is 0 Å². The van der Waals surface area contributed by atoms with Crippen molar-refractivity contribution in [2.75, 3.05) is 0 Å². The first kappa shape index (κ1) is 23.3. The van der Waals surface area contributed by atoms with E-state index in [2.05, 4.69) is 11.8 Å². The Hall–Kier alpha value is -4.37. The van der Waals surface area contributed by atoms with Crippen LogP contribution in [0.4, 0.5) is 0 Å². The normalized spacial score (nSPS) is 11.0. The van der Waals surface area contributed by atoms with E-state index in [-0.39, 0.29) is 19.4 Å². The number of hydrogen-bond acceptors (Lipinski definition) is 3. The summed E-state index contributed by atoms with van der Waals surface area (Å²) in [6.45, 7) is 0.0883. The molecule has 6 heteroatoms. The molecular formula is C27H24N2O4. The summed E-state index contributed by atoms with van der Waals surface area (Å²) in [5, 5.41) is 9.79. The minimum atomic E-state index is -1.19. The fourth-order valence-corrected chi connectivity index (χ4v) is 3.32. The van der Waals surface area contributed by atoms with Crippen LogP contribution in [0.25, 0.3) is 0 Å². The Balaban J connectivity index is 1.86. The van der Waals surface area contributed by atoms with Crippen molar-refractivity contribution >= 4 is 17.8 Å². The lowest BCUT2D eigenvalue weighted by Gasteiger charge is -2.29. The lowest BCUT2D eigenvalue weighted by molar-refractivity contribution is -0.143. The molecule has 0 aliphatic carbocycles. The van der Waals surface area contributed by atoms with E-state index in [1.54, 1.807) is 24.3 Å². The molecule has 0 spiro atoms. The Kier molecular flexibility index (Phi) is 7.98. The van der Waals surface area contributed by atoms with Gasteiger partial charge in [-0.1, -0.05) is 60.4 Å². The fourth-order valence-electron chi connectivity index (χ4n) is 3.32. The standard InChI is InChI=1S/C27H24N2O4/c28-25(30)18-17-24(27(32)33)29(19-22-9-5-2-6-10-22)26(31)23-15-13-21(14-16-23)12-11-20-7-3-1-4-8-20/h1-10,13-16,24H,17-19H2,(H2,28,30)(H,32,33)/t24-/m0/s1. The first-order valence-corrected chi connectivity index (χ1v) is 10.5. The Morgan fingerprint density at radius 1 is 0.818 bits per heavy atom. The predicted octanol–water partition coefficient (Wildman–Crippen LogP) is 3.45. The highest BCUT2D eigenvalue weighted by molar-refractivity contribution is 5.96. The average molecular weight is 440 g/mol. The summed E-state index contributed by atoms with van der Waals surface area (Å²) >= 11 is 0. The van der Waals surface area contributed by atoms with Gasteiger partial charge in [-0.3, -0.25) is 9.59 Å². The Morgan fingerprint density at radius 2 is 1.36 bits per heavy atom. The van der Waals surface area contributed by atoms with E-state index >= 15 is 0 Å². The molecule has 3 aromatic rings. The minimum Gasteiger partial charge on any atom is -0.480 e. The molecule has 33 heavy (non-hydrogen) atoms. The fraction of sp³-hybridized carbons (Fsp3) is 0.148. The zero-order valence-electron chi connectivity index (χ0n) is 18.0. The van der Waals surface area contributed by atoms with E-state index in [9.17, 15) is 19.5 Å². The van der Waals surface area contributed by atoms with E-state index in [1.165, 1.54) is 4.90 Å². The number of amides is 2. The topological polar surface area (TPSA) is 101 Å². The number of rotatable bonds is 8. The smallest absolute Gasteiger partial charge is 0.326 e. The van der Waals surface area contributed by atoms with Crippen LogP contribution in [-0.2, 0) is 16.1 Å². The van der Waals surface area contributed by atoms with Crippen molar-refractivity contribution in [2.24, 2.45) is 5.73 Å². The van der Waals surface area contributed by atoms with E-state index in [1.807, 2.05) is 60.7 Å². The zero-order chi connectivity index (χ0) is 23.6. The molecule has 0 saturated heterocycles. The first-order chi connectivity index (χ1) is 15.9. The predicted molar refractivity (Wildman–Crippen MR) is 125 cm³/mol. The first-order valence-electron chi connectivity index (χ1n) is 10.5. The molecule has 0 aromatic heterocycles. The van der Waals surface area contributed by atoms with Crippen molar-refractivity contribution < 1.29 is 19.5 Å². The molecule has 0 fully saturated rings. The average Bonchev–Trinajstić information content (AvgIpc) is 2.83. The van der Waals surface area contributed by atoms with Crippen LogP contribution in [0.5, 0.6) is 0 Å². The van der Waals surface area contributed by atoms with Gasteiger partial charge in [-0.25, -0.2) is 4.79 Å². The summed E-state index contributed by atoms with van der Waals surface area (Å²) in [6, 6.07) is 24.2. The number of primary amides is 1. The van der Waals surface area contributed by atoms with Gasteiger partial charge >= 0.3 is 5.97 Å². The summed E-state index contributed by atoms with van der Waals surface area (Å²) in [7, 11) is 0. The quantitative estimate of drug-likeness (QED) is 0.524. The van der Waals surface area contributed by atoms with Crippen LogP contribution >= 0.6 is 0 Å². The van der Waals surface area contributed by atoms with Gasteiger partial charge in [-0.2, -0.15) is 0 Å². The number of nitrogens with two attached hydrogens (primary N) is 1. The lowest BCUT2D eigenvalue weighted by Crippen LogP contribution is -2.45. The highest BCUT2D eigenvalue weighted by atomic mass is 16.4. The molecule has 0 heterocycles. The van der Waals surface area contributed by atoms with Crippen LogP contribution in [0.3, 0.4) is 0 Å². The van der Waals surface area contributed by atoms with Gasteiger partial charge in [0, 0.05) is 29.7 Å². The van der Waals surface area contributed by atoms with Crippen molar-refractivity contribution in [3.63, 3.8) is 0 Å². The Labute approximate surface area is 192 Å². The van der Waals surface area contributed by atoms with Gasteiger partial charge in [-0.05, 0) is 48.4 Å². The lowest BCUT2D eigenvalue weighted by atomic mass is 10.0. The number of carboxylic acid groups (broad SMARTS) is 1. The van der Waals surface area contributed by atoms with Gasteiger partial charge in [0.25, 0.3) is 5.91 Å². The molecule has 0 aliphatic rings. The summed E-state index contributed by atoms with van der Waals surface area (Å²) in [6.07, 6.45) is -0.201. The molecule has 166 valence electrons. The van der Waals surface area contributed by atoms with E-state index < -0.39 is 23.8 Å². The second kappa shape index (κ2) is 11.3. The SMILES string of the molecule is NC(=O)CC[C@@H](C(=O)O)N(Cc1ccccc1)C(=O)c1ccc(C#Cc2ccccc2)cc1. The zero-order valence-corrected chi connectivity index (χ0v) is 18.0. The number of carbonyl (C=O) groups is 3. The van der Waals surface area contributed by atoms with E-state index in [4.69, 9.17) is 5.73 Å². The maximum atomic E-state index is 13.3. The molecule has 0 radical (unpaired) electrons. The van der Waals surface area contributed by atoms with Crippen molar-refractivity contribution in [1.82, 2.24) is 4.90 Å². The van der Waals surface area contributed by atoms with E-state index in [0.717, 1.165) is 16.7 Å². The largest absolute Gasteiger partial charge is 0.480 e. The molecule has 3 aromatic carbocycles. The summed E-state index contributed by atoms with van der Waals surface area (Å²) in [4.78, 5) is 37.9. The molecule has 0 unspecified atom stereocenters. The maximum Gasteiger partial charge on any atom is 0.326 e. The number of aliphatic carboxylic acids is 1. The van der Waals surface area contributed by atoms with Gasteiger partial charge in [0.05, 0.1) is 0 Å². The third-order valence-electron chi connectivity index (χ3n) is 5.04. The summed E-state index contributed by atoms with van der Waals surface area (Å²) in [5.41, 5.74) is 7.94. The van der Waals surface area contributed by atoms with Crippen LogP contribution in [-0.4, -0.2) is 33.8 Å². The van der Waals surface area contributed by atoms with Crippen LogP contribution in [0.1, 0.15) is 39.9 Å². The molecular weight excluding hydrogens is 416 g/mol. The second-order valence-corrected chi connectivity index (χ2v) is 7.47. The number of carbonyl (C=O) groups excluding carboxylic acids is 2. The highest BCUT2D eigenvalue weighted by Gasteiger charge is 2.30. The molecule has 0 aliphatic heterocycles. The molecule has 3 N–H and O–H groups in total. The van der Waals surface area contributed by atoms with Crippen LogP contribution in [0.15, 0.2) is 84.9 Å². The van der Waals surface area contributed by atoms with Gasteiger partial charge in [0.1, 0.15) is 6.04 Å². The van der Waals surface area contributed by atoms with Crippen LogP contribution in [0.2, 0.25) is 0 Å². The Morgan fingerprint density at radius 3 is 1.91 bits per heavy atom. The third-order valence-corrected chi connectivity index (χ3v) is 5.04. The molecule has 0 bridgehead atoms. The Bertz CT molecular complexity index is 1160.